The number of benzene rings is 1. The SMILES string of the molecule is C=CNc1nc(C2=C(F)C=CC=CC2C)c(F)cc1C(=Nc1c(SC)cccc1C(C)C)N1CCN(C(=C)C=C)CC1C. The molecule has 1 aromatic heterocycles. The van der Waals surface area contributed by atoms with E-state index in [4.69, 9.17) is 9.98 Å². The first-order chi connectivity index (χ1) is 20.6. The highest BCUT2D eigenvalue weighted by Gasteiger charge is 2.31. The predicted molar refractivity (Wildman–Crippen MR) is 179 cm³/mol. The first-order valence-electron chi connectivity index (χ1n) is 14.5. The van der Waals surface area contributed by atoms with Crippen LogP contribution in [0.1, 0.15) is 50.4 Å². The second-order valence-electron chi connectivity index (χ2n) is 11.0. The van der Waals surface area contributed by atoms with Crippen molar-refractivity contribution < 1.29 is 8.78 Å². The van der Waals surface area contributed by atoms with E-state index in [9.17, 15) is 0 Å². The van der Waals surface area contributed by atoms with Gasteiger partial charge in [-0.25, -0.2) is 18.8 Å². The molecule has 8 heteroatoms. The molecule has 1 fully saturated rings. The number of halogens is 2. The van der Waals surface area contributed by atoms with Crippen LogP contribution in [0.3, 0.4) is 0 Å². The van der Waals surface area contributed by atoms with Crippen LogP contribution in [0.25, 0.3) is 5.57 Å². The third-order valence-electron chi connectivity index (χ3n) is 7.81. The van der Waals surface area contributed by atoms with Gasteiger partial charge in [0.05, 0.1) is 11.3 Å². The summed E-state index contributed by atoms with van der Waals surface area (Å²) in [5.74, 6) is -0.351. The molecule has 2 aliphatic rings. The molecule has 43 heavy (non-hydrogen) atoms. The Balaban J connectivity index is 1.98. The lowest BCUT2D eigenvalue weighted by molar-refractivity contribution is 0.172. The van der Waals surface area contributed by atoms with Gasteiger partial charge in [0.1, 0.15) is 29.0 Å². The molecule has 1 saturated heterocycles. The van der Waals surface area contributed by atoms with E-state index in [-0.39, 0.29) is 29.1 Å². The summed E-state index contributed by atoms with van der Waals surface area (Å²) in [5.41, 5.74) is 3.43. The molecule has 2 atom stereocenters. The van der Waals surface area contributed by atoms with Gasteiger partial charge in [-0.2, -0.15) is 0 Å². The Morgan fingerprint density at radius 3 is 2.60 bits per heavy atom. The van der Waals surface area contributed by atoms with Crippen LogP contribution in [0.5, 0.6) is 0 Å². The van der Waals surface area contributed by atoms with E-state index in [2.05, 4.69) is 67.8 Å². The maximum Gasteiger partial charge on any atom is 0.150 e. The number of allylic oxidation sites excluding steroid dienone is 7. The Labute approximate surface area is 259 Å². The third-order valence-corrected chi connectivity index (χ3v) is 8.58. The van der Waals surface area contributed by atoms with E-state index in [0.717, 1.165) is 21.8 Å². The zero-order valence-corrected chi connectivity index (χ0v) is 26.5. The van der Waals surface area contributed by atoms with E-state index < -0.39 is 11.6 Å². The number of piperazine rings is 1. The topological polar surface area (TPSA) is 43.8 Å². The van der Waals surface area contributed by atoms with Gasteiger partial charge in [0.25, 0.3) is 0 Å². The maximum atomic E-state index is 16.2. The number of hydrogen-bond acceptors (Lipinski definition) is 5. The normalized spacial score (nSPS) is 19.1. The lowest BCUT2D eigenvalue weighted by Gasteiger charge is -2.43. The molecule has 2 heterocycles. The Bertz CT molecular complexity index is 1520. The number of amidine groups is 1. The molecule has 4 rings (SSSR count). The molecule has 0 amide bonds. The fourth-order valence-electron chi connectivity index (χ4n) is 5.49. The number of hydrogen-bond donors (Lipinski definition) is 1. The molecule has 5 nitrogen and oxygen atoms in total. The summed E-state index contributed by atoms with van der Waals surface area (Å²) in [4.78, 5) is 15.4. The number of para-hydroxylation sites is 1. The summed E-state index contributed by atoms with van der Waals surface area (Å²) < 4.78 is 31.4. The fourth-order valence-corrected chi connectivity index (χ4v) is 6.07. The van der Waals surface area contributed by atoms with Gasteiger partial charge in [-0.1, -0.05) is 70.9 Å². The largest absolute Gasteiger partial charge is 0.368 e. The summed E-state index contributed by atoms with van der Waals surface area (Å²) >= 11 is 1.62. The van der Waals surface area contributed by atoms with E-state index in [1.807, 2.05) is 25.3 Å². The first kappa shape index (κ1) is 32.0. The standard InChI is InChI=1S/C35H41F2N5S/c1-9-24(6)41-18-19-42(25(7)21-41)35(40-32-26(22(3)4)15-13-17-30(32)43-8)27-20-29(37)33(39-34(27)38-10-2)31-23(5)14-11-12-16-28(31)36/h9-17,20,22-23,25H,1-2,6,18-19,21H2,3-5,7-8H3,(H,38,39). The van der Waals surface area contributed by atoms with Crippen molar-refractivity contribution >= 4 is 34.7 Å². The van der Waals surface area contributed by atoms with Gasteiger partial charge in [0, 0.05) is 47.8 Å². The van der Waals surface area contributed by atoms with Gasteiger partial charge in [-0.15, -0.1) is 11.8 Å². The molecule has 0 radical (unpaired) electrons. The molecule has 0 spiro atoms. The van der Waals surface area contributed by atoms with Gasteiger partial charge in [0.15, 0.2) is 0 Å². The van der Waals surface area contributed by atoms with Crippen molar-refractivity contribution in [2.75, 3.05) is 31.2 Å². The van der Waals surface area contributed by atoms with Gasteiger partial charge in [-0.05, 0) is 55.1 Å². The summed E-state index contributed by atoms with van der Waals surface area (Å²) in [6.07, 6.45) is 11.8. The monoisotopic (exact) mass is 601 g/mol. The third kappa shape index (κ3) is 6.85. The van der Waals surface area contributed by atoms with Crippen molar-refractivity contribution in [1.82, 2.24) is 14.8 Å². The molecule has 0 bridgehead atoms. The first-order valence-corrected chi connectivity index (χ1v) is 15.7. The lowest BCUT2D eigenvalue weighted by atomic mass is 9.95. The summed E-state index contributed by atoms with van der Waals surface area (Å²) in [6.45, 7) is 22.1. The number of aromatic nitrogens is 1. The summed E-state index contributed by atoms with van der Waals surface area (Å²) in [6, 6.07) is 7.62. The average Bonchev–Trinajstić information content (AvgIpc) is 3.15. The predicted octanol–water partition coefficient (Wildman–Crippen LogP) is 8.85. The number of pyridine rings is 1. The van der Waals surface area contributed by atoms with Crippen LogP contribution >= 0.6 is 11.8 Å². The van der Waals surface area contributed by atoms with Gasteiger partial charge < -0.3 is 15.1 Å². The molecule has 2 unspecified atom stereocenters. The minimum Gasteiger partial charge on any atom is -0.368 e. The van der Waals surface area contributed by atoms with Crippen LogP contribution in [0.4, 0.5) is 20.3 Å². The Morgan fingerprint density at radius 2 is 1.95 bits per heavy atom. The van der Waals surface area contributed by atoms with E-state index in [1.165, 1.54) is 18.3 Å². The van der Waals surface area contributed by atoms with Crippen LogP contribution in [-0.4, -0.2) is 52.6 Å². The number of rotatable bonds is 9. The number of thioether (sulfide) groups is 1. The smallest absolute Gasteiger partial charge is 0.150 e. The number of aliphatic imine (C=N–C) groups is 1. The zero-order valence-electron chi connectivity index (χ0n) is 25.7. The Kier molecular flexibility index (Phi) is 10.5. The van der Waals surface area contributed by atoms with Crippen LogP contribution in [0.15, 0.2) is 102 Å². The fraction of sp³-hybridized carbons (Fsp3) is 0.314. The van der Waals surface area contributed by atoms with Crippen molar-refractivity contribution in [2.45, 2.75) is 44.6 Å². The molecule has 1 aliphatic carbocycles. The van der Waals surface area contributed by atoms with E-state index >= 15 is 8.78 Å². The quantitative estimate of drug-likeness (QED) is 0.135. The van der Waals surface area contributed by atoms with Gasteiger partial charge >= 0.3 is 0 Å². The highest BCUT2D eigenvalue weighted by atomic mass is 32.2. The van der Waals surface area contributed by atoms with E-state index in [1.54, 1.807) is 30.0 Å². The average molecular weight is 602 g/mol. The van der Waals surface area contributed by atoms with Crippen LogP contribution in [0, 0.1) is 11.7 Å². The van der Waals surface area contributed by atoms with Crippen molar-refractivity contribution in [3.05, 3.63) is 115 Å². The molecule has 1 aromatic carbocycles. The van der Waals surface area contributed by atoms with Crippen LogP contribution in [0.2, 0.25) is 0 Å². The highest BCUT2D eigenvalue weighted by Crippen LogP contribution is 2.38. The van der Waals surface area contributed by atoms with Crippen molar-refractivity contribution in [3.63, 3.8) is 0 Å². The number of nitrogens with zero attached hydrogens (tertiary/aromatic N) is 4. The lowest BCUT2D eigenvalue weighted by Crippen LogP contribution is -2.53. The molecule has 226 valence electrons. The zero-order chi connectivity index (χ0) is 31.3. The van der Waals surface area contributed by atoms with Crippen molar-refractivity contribution in [3.8, 4) is 0 Å². The highest BCUT2D eigenvalue weighted by molar-refractivity contribution is 7.98. The second-order valence-corrected chi connectivity index (χ2v) is 11.9. The van der Waals surface area contributed by atoms with Crippen molar-refractivity contribution in [2.24, 2.45) is 10.9 Å². The molecular weight excluding hydrogens is 560 g/mol. The van der Waals surface area contributed by atoms with Gasteiger partial charge in [-0.3, -0.25) is 0 Å². The van der Waals surface area contributed by atoms with E-state index in [0.29, 0.717) is 36.9 Å². The molecule has 1 aliphatic heterocycles. The molecular formula is C35H41F2N5S. The summed E-state index contributed by atoms with van der Waals surface area (Å²) in [5, 5.41) is 3.10. The number of anilines is 1. The number of nitrogens with one attached hydrogen (secondary N) is 1. The molecule has 2 aromatic rings. The van der Waals surface area contributed by atoms with Gasteiger partial charge in [0.2, 0.25) is 0 Å². The minimum absolute atomic E-state index is 0.00441. The Morgan fingerprint density at radius 1 is 1.19 bits per heavy atom. The Hall–Kier alpha value is -3.91. The second kappa shape index (κ2) is 14.0. The molecule has 0 saturated carbocycles. The summed E-state index contributed by atoms with van der Waals surface area (Å²) in [7, 11) is 0. The maximum absolute atomic E-state index is 16.2. The molecule has 1 N–H and O–H groups in total. The van der Waals surface area contributed by atoms with Crippen LogP contribution in [-0.2, 0) is 0 Å². The minimum atomic E-state index is -0.619. The van der Waals surface area contributed by atoms with Crippen LogP contribution < -0.4 is 5.32 Å². The van der Waals surface area contributed by atoms with Crippen molar-refractivity contribution in [1.29, 1.82) is 0 Å².